The first kappa shape index (κ1) is 14.7. The topological polar surface area (TPSA) is 72.6 Å². The van der Waals surface area contributed by atoms with Crippen molar-refractivity contribution in [3.63, 3.8) is 0 Å². The molecule has 0 radical (unpaired) electrons. The molecule has 0 aromatic carbocycles. The van der Waals surface area contributed by atoms with E-state index in [1.165, 1.54) is 0 Å². The van der Waals surface area contributed by atoms with Crippen LogP contribution in [-0.4, -0.2) is 43.6 Å². The van der Waals surface area contributed by atoms with Crippen LogP contribution in [0.1, 0.15) is 5.69 Å². The Bertz CT molecular complexity index is 974. The molecule has 4 aromatic heterocycles. The molecule has 4 rings (SSSR count). The summed E-state index contributed by atoms with van der Waals surface area (Å²) >= 11 is 1.59. The highest BCUT2D eigenvalue weighted by molar-refractivity contribution is 7.13. The van der Waals surface area contributed by atoms with E-state index in [-0.39, 0.29) is 0 Å². The molecule has 0 saturated carbocycles. The average Bonchev–Trinajstić information content (AvgIpc) is 3.23. The minimum atomic E-state index is 0.615. The molecular formula is C16H15N7S. The first-order valence-electron chi connectivity index (χ1n) is 7.41. The van der Waals surface area contributed by atoms with Crippen LogP contribution in [0.25, 0.3) is 21.9 Å². The van der Waals surface area contributed by atoms with Crippen molar-refractivity contribution in [2.75, 3.05) is 19.0 Å². The van der Waals surface area contributed by atoms with Crippen LogP contribution in [-0.2, 0) is 6.54 Å². The highest BCUT2D eigenvalue weighted by atomic mass is 32.1. The number of aromatic nitrogens is 6. The molecule has 7 nitrogen and oxygen atoms in total. The molecule has 0 fully saturated rings. The van der Waals surface area contributed by atoms with Gasteiger partial charge in [-0.05, 0) is 12.1 Å². The number of pyridine rings is 1. The van der Waals surface area contributed by atoms with Crippen LogP contribution < -0.4 is 4.90 Å². The van der Waals surface area contributed by atoms with E-state index in [0.29, 0.717) is 6.54 Å². The second kappa shape index (κ2) is 5.97. The molecule has 0 amide bonds. The molecular weight excluding hydrogens is 322 g/mol. The van der Waals surface area contributed by atoms with Gasteiger partial charge in [-0.3, -0.25) is 4.98 Å². The summed E-state index contributed by atoms with van der Waals surface area (Å²) in [6.07, 6.45) is 5.13. The molecule has 0 spiro atoms. The first-order valence-corrected chi connectivity index (χ1v) is 8.29. The van der Waals surface area contributed by atoms with Crippen LogP contribution in [0.15, 0.2) is 42.4 Å². The van der Waals surface area contributed by atoms with Crippen molar-refractivity contribution in [1.82, 2.24) is 29.5 Å². The van der Waals surface area contributed by atoms with Crippen LogP contribution in [0.5, 0.6) is 0 Å². The summed E-state index contributed by atoms with van der Waals surface area (Å²) in [5, 5.41) is 2.96. The van der Waals surface area contributed by atoms with Gasteiger partial charge in [0.25, 0.3) is 0 Å². The maximum Gasteiger partial charge on any atom is 0.165 e. The van der Waals surface area contributed by atoms with E-state index < -0.39 is 0 Å². The lowest BCUT2D eigenvalue weighted by Gasteiger charge is -2.10. The molecule has 120 valence electrons. The molecule has 24 heavy (non-hydrogen) atoms. The number of anilines is 1. The third kappa shape index (κ3) is 2.61. The van der Waals surface area contributed by atoms with Gasteiger partial charge >= 0.3 is 0 Å². The second-order valence-corrected chi connectivity index (χ2v) is 6.35. The number of thiazole rings is 1. The summed E-state index contributed by atoms with van der Waals surface area (Å²) in [7, 11) is 3.89. The fourth-order valence-corrected chi connectivity index (χ4v) is 3.26. The lowest BCUT2D eigenvalue weighted by molar-refractivity contribution is 0.794. The van der Waals surface area contributed by atoms with Crippen LogP contribution in [0.4, 0.5) is 5.82 Å². The highest BCUT2D eigenvalue weighted by Gasteiger charge is 2.13. The number of rotatable bonds is 4. The molecule has 0 saturated heterocycles. The van der Waals surface area contributed by atoms with E-state index in [1.807, 2.05) is 47.1 Å². The zero-order valence-electron chi connectivity index (χ0n) is 13.3. The molecule has 4 aromatic rings. The van der Waals surface area contributed by atoms with Crippen LogP contribution in [0.3, 0.4) is 0 Å². The van der Waals surface area contributed by atoms with Gasteiger partial charge in [0, 0.05) is 25.7 Å². The Balaban J connectivity index is 1.66. The second-order valence-electron chi connectivity index (χ2n) is 5.50. The smallest absolute Gasteiger partial charge is 0.165 e. The first-order chi connectivity index (χ1) is 11.7. The maximum absolute atomic E-state index is 4.67. The summed E-state index contributed by atoms with van der Waals surface area (Å²) in [5.74, 6) is 0.811. The molecule has 0 aliphatic heterocycles. The predicted octanol–water partition coefficient (Wildman–Crippen LogP) is 2.46. The van der Waals surface area contributed by atoms with Crippen molar-refractivity contribution in [3.05, 3.63) is 48.1 Å². The monoisotopic (exact) mass is 337 g/mol. The normalized spacial score (nSPS) is 11.1. The van der Waals surface area contributed by atoms with Crippen molar-refractivity contribution >= 4 is 28.3 Å². The molecule has 8 heteroatoms. The Labute approximate surface area is 142 Å². The van der Waals surface area contributed by atoms with Crippen molar-refractivity contribution in [1.29, 1.82) is 0 Å². The summed E-state index contributed by atoms with van der Waals surface area (Å²) in [6.45, 7) is 0.615. The Kier molecular flexibility index (Phi) is 3.66. The predicted molar refractivity (Wildman–Crippen MR) is 94.1 cm³/mol. The number of nitrogens with zero attached hydrogens (tertiary/aromatic N) is 7. The highest BCUT2D eigenvalue weighted by Crippen LogP contribution is 2.23. The maximum atomic E-state index is 4.67. The van der Waals surface area contributed by atoms with Crippen molar-refractivity contribution in [2.24, 2.45) is 0 Å². The van der Waals surface area contributed by atoms with E-state index in [2.05, 4.69) is 24.9 Å². The van der Waals surface area contributed by atoms with Crippen molar-refractivity contribution < 1.29 is 0 Å². The molecule has 0 aliphatic rings. The Morgan fingerprint density at radius 1 is 1.12 bits per heavy atom. The van der Waals surface area contributed by atoms with Gasteiger partial charge in [-0.1, -0.05) is 6.07 Å². The van der Waals surface area contributed by atoms with E-state index in [9.17, 15) is 0 Å². The number of hydrogen-bond donors (Lipinski definition) is 0. The quantitative estimate of drug-likeness (QED) is 0.569. The molecule has 0 aliphatic carbocycles. The fraction of sp³-hybridized carbons (Fsp3) is 0.188. The van der Waals surface area contributed by atoms with Gasteiger partial charge in [0.1, 0.15) is 11.3 Å². The van der Waals surface area contributed by atoms with Gasteiger partial charge in [-0.15, -0.1) is 11.3 Å². The van der Waals surface area contributed by atoms with E-state index >= 15 is 0 Å². The van der Waals surface area contributed by atoms with E-state index in [0.717, 1.165) is 33.4 Å². The Hall–Kier alpha value is -2.87. The van der Waals surface area contributed by atoms with Crippen LogP contribution in [0.2, 0.25) is 0 Å². The zero-order valence-corrected chi connectivity index (χ0v) is 14.1. The third-order valence-electron chi connectivity index (χ3n) is 3.57. The molecule has 0 unspecified atom stereocenters. The van der Waals surface area contributed by atoms with Gasteiger partial charge in [0.15, 0.2) is 17.0 Å². The zero-order chi connectivity index (χ0) is 16.5. The summed E-state index contributed by atoms with van der Waals surface area (Å²) in [6, 6.07) is 5.83. The lowest BCUT2D eigenvalue weighted by Crippen LogP contribution is -2.11. The minimum Gasteiger partial charge on any atom is -0.361 e. The minimum absolute atomic E-state index is 0.615. The summed E-state index contributed by atoms with van der Waals surface area (Å²) in [4.78, 5) is 24.1. The average molecular weight is 337 g/mol. The van der Waals surface area contributed by atoms with Gasteiger partial charge < -0.3 is 9.47 Å². The van der Waals surface area contributed by atoms with Crippen LogP contribution >= 0.6 is 11.3 Å². The standard InChI is InChI=1S/C16H15N7S/c1-22(2)14-13-15(19-9-18-14)23(10-20-13)7-11-8-24-16(21-11)12-5-3-4-6-17-12/h3-6,8-10H,7H2,1-2H3. The van der Waals surface area contributed by atoms with Crippen LogP contribution in [0, 0.1) is 0 Å². The molecule has 4 heterocycles. The van der Waals surface area contributed by atoms with E-state index in [4.69, 9.17) is 0 Å². The van der Waals surface area contributed by atoms with Crippen molar-refractivity contribution in [3.8, 4) is 10.7 Å². The summed E-state index contributed by atoms with van der Waals surface area (Å²) < 4.78 is 1.99. The largest absolute Gasteiger partial charge is 0.361 e. The van der Waals surface area contributed by atoms with E-state index in [1.54, 1.807) is 30.2 Å². The Morgan fingerprint density at radius 3 is 2.83 bits per heavy atom. The summed E-state index contributed by atoms with van der Waals surface area (Å²) in [5.41, 5.74) is 3.45. The lowest BCUT2D eigenvalue weighted by atomic mass is 10.3. The number of fused-ring (bicyclic) bond motifs is 1. The van der Waals surface area contributed by atoms with Gasteiger partial charge in [-0.2, -0.15) is 0 Å². The fourth-order valence-electron chi connectivity index (χ4n) is 2.47. The molecule has 0 bridgehead atoms. The SMILES string of the molecule is CN(C)c1ncnc2c1ncn2Cc1csc(-c2ccccn2)n1. The van der Waals surface area contributed by atoms with Crippen molar-refractivity contribution in [2.45, 2.75) is 6.54 Å². The number of hydrogen-bond acceptors (Lipinski definition) is 7. The Morgan fingerprint density at radius 2 is 2.04 bits per heavy atom. The van der Waals surface area contributed by atoms with Gasteiger partial charge in [0.05, 0.1) is 24.3 Å². The van der Waals surface area contributed by atoms with Gasteiger partial charge in [0.2, 0.25) is 0 Å². The van der Waals surface area contributed by atoms with Gasteiger partial charge in [-0.25, -0.2) is 19.9 Å². The molecule has 0 N–H and O–H groups in total. The third-order valence-corrected chi connectivity index (χ3v) is 4.49. The molecule has 0 atom stereocenters. The number of imidazole rings is 1.